The topological polar surface area (TPSA) is 131 Å². The van der Waals surface area contributed by atoms with Crippen LogP contribution in [-0.2, 0) is 9.53 Å². The van der Waals surface area contributed by atoms with Crippen molar-refractivity contribution >= 4 is 51.9 Å². The molecule has 3 aromatic carbocycles. The molecule has 180 valence electrons. The number of alkyl carbamates (subject to hydrolysis) is 1. The summed E-state index contributed by atoms with van der Waals surface area (Å²) in [5, 5.41) is 15.3. The highest BCUT2D eigenvalue weighted by atomic mass is 127. The van der Waals surface area contributed by atoms with Gasteiger partial charge in [0.25, 0.3) is 5.91 Å². The van der Waals surface area contributed by atoms with Gasteiger partial charge in [-0.25, -0.2) is 4.79 Å². The maximum absolute atomic E-state index is 12.6. The molecule has 0 saturated carbocycles. The number of amides is 3. The number of para-hydroxylation sites is 2. The van der Waals surface area contributed by atoms with E-state index >= 15 is 0 Å². The third-order valence-electron chi connectivity index (χ3n) is 5.03. The molecule has 0 heterocycles. The van der Waals surface area contributed by atoms with Crippen molar-refractivity contribution < 1.29 is 24.2 Å². The number of nitrogens with two attached hydrogens (primary N) is 1. The van der Waals surface area contributed by atoms with E-state index in [1.165, 1.54) is 12.1 Å². The number of phenols is 1. The van der Waals surface area contributed by atoms with Crippen LogP contribution in [0.5, 0.6) is 5.75 Å². The van der Waals surface area contributed by atoms with Gasteiger partial charge in [0, 0.05) is 20.6 Å². The number of hydrogen-bond acceptors (Lipinski definition) is 6. The first-order chi connectivity index (χ1) is 16.7. The van der Waals surface area contributed by atoms with Gasteiger partial charge < -0.3 is 20.9 Å². The van der Waals surface area contributed by atoms with Crippen LogP contribution in [0, 0.1) is 9.49 Å². The number of hydrogen-bond donors (Lipinski definition) is 4. The molecule has 0 fully saturated rings. The average Bonchev–Trinajstić information content (AvgIpc) is 2.84. The van der Waals surface area contributed by atoms with E-state index in [1.54, 1.807) is 79.7 Å². The summed E-state index contributed by atoms with van der Waals surface area (Å²) in [7, 11) is 0. The first kappa shape index (κ1) is 25.8. The predicted molar refractivity (Wildman–Crippen MR) is 142 cm³/mol. The lowest BCUT2D eigenvalue weighted by molar-refractivity contribution is -0.111. The fourth-order valence-corrected chi connectivity index (χ4v) is 3.75. The van der Waals surface area contributed by atoms with Crippen molar-refractivity contribution in [2.45, 2.75) is 13.0 Å². The molecule has 8 nitrogen and oxygen atoms in total. The highest BCUT2D eigenvalue weighted by Gasteiger charge is 2.26. The Balaban J connectivity index is 1.77. The zero-order valence-electron chi connectivity index (χ0n) is 18.8. The Morgan fingerprint density at radius 1 is 1.03 bits per heavy atom. The van der Waals surface area contributed by atoms with Crippen LogP contribution in [0.2, 0.25) is 0 Å². The van der Waals surface area contributed by atoms with Crippen LogP contribution >= 0.6 is 22.6 Å². The second kappa shape index (κ2) is 12.0. The van der Waals surface area contributed by atoms with E-state index in [1.807, 2.05) is 0 Å². The maximum Gasteiger partial charge on any atom is 0.414 e. The van der Waals surface area contributed by atoms with Gasteiger partial charge in [0.15, 0.2) is 0 Å². The first-order valence-corrected chi connectivity index (χ1v) is 11.7. The zero-order chi connectivity index (χ0) is 25.4. The van der Waals surface area contributed by atoms with Gasteiger partial charge in [-0.05, 0) is 71.1 Å². The number of halogens is 1. The Morgan fingerprint density at radius 2 is 1.71 bits per heavy atom. The summed E-state index contributed by atoms with van der Waals surface area (Å²) in [6.07, 6.45) is 0.874. The number of nitrogen functional groups attached to an aromatic ring is 1. The Labute approximate surface area is 216 Å². The maximum atomic E-state index is 12.6. The van der Waals surface area contributed by atoms with Crippen LogP contribution in [0.4, 0.5) is 16.2 Å². The van der Waals surface area contributed by atoms with Crippen molar-refractivity contribution in [1.82, 2.24) is 5.32 Å². The molecule has 9 heteroatoms. The lowest BCUT2D eigenvalue weighted by Crippen LogP contribution is -2.33. The monoisotopic (exact) mass is 585 g/mol. The van der Waals surface area contributed by atoms with Crippen LogP contribution in [0.25, 0.3) is 0 Å². The number of rotatable bonds is 7. The summed E-state index contributed by atoms with van der Waals surface area (Å²) >= 11 is 2.07. The summed E-state index contributed by atoms with van der Waals surface area (Å²) in [4.78, 5) is 37.3. The van der Waals surface area contributed by atoms with Crippen molar-refractivity contribution in [3.63, 3.8) is 0 Å². The second-order valence-electron chi connectivity index (χ2n) is 7.64. The van der Waals surface area contributed by atoms with Crippen molar-refractivity contribution in [3.05, 3.63) is 99.6 Å². The van der Waals surface area contributed by atoms with Crippen LogP contribution in [0.1, 0.15) is 28.9 Å². The molecule has 2 atom stereocenters. The van der Waals surface area contributed by atoms with Gasteiger partial charge in [-0.3, -0.25) is 14.9 Å². The van der Waals surface area contributed by atoms with Gasteiger partial charge in [-0.2, -0.15) is 0 Å². The standard InChI is InChI=1S/C26H24IN3O5/c1-16(11-14-23(32)29-21-10-6-5-9-20(21)28)24(19-15-18(27)12-13-22(19)31)35-26(34)30-25(33)17-7-3-2-4-8-17/h2-16,24,31H,28H2,1H3,(H,29,32)(H,30,33,34)/b14-11+/t16-,24+/m0/s1. The van der Waals surface area contributed by atoms with Crippen molar-refractivity contribution in [2.75, 3.05) is 11.1 Å². The number of phenolic OH excluding ortho intramolecular Hbond substituents is 1. The summed E-state index contributed by atoms with van der Waals surface area (Å²) in [5.74, 6) is -1.68. The summed E-state index contributed by atoms with van der Waals surface area (Å²) in [5.41, 5.74) is 7.38. The third kappa shape index (κ3) is 7.31. The largest absolute Gasteiger partial charge is 0.508 e. The fraction of sp³-hybridized carbons (Fsp3) is 0.115. The van der Waals surface area contributed by atoms with Crippen LogP contribution in [0.3, 0.4) is 0 Å². The Morgan fingerprint density at radius 3 is 2.43 bits per heavy atom. The Kier molecular flexibility index (Phi) is 8.85. The number of imide groups is 1. The SMILES string of the molecule is C[C@@H](/C=C/C(=O)Nc1ccccc1N)[C@@H](OC(=O)NC(=O)c1ccccc1)c1cc(I)ccc1O. The molecule has 0 aromatic heterocycles. The molecule has 0 saturated heterocycles. The number of carbonyl (C=O) groups excluding carboxylic acids is 3. The van der Waals surface area contributed by atoms with Crippen LogP contribution in [-0.4, -0.2) is 23.0 Å². The van der Waals surface area contributed by atoms with Crippen molar-refractivity contribution in [1.29, 1.82) is 0 Å². The lowest BCUT2D eigenvalue weighted by Gasteiger charge is -2.23. The minimum atomic E-state index is -0.987. The van der Waals surface area contributed by atoms with E-state index in [2.05, 4.69) is 33.2 Å². The molecule has 0 aliphatic heterocycles. The molecule has 0 unspecified atom stereocenters. The molecule has 0 radical (unpaired) electrons. The molecule has 0 aliphatic rings. The van der Waals surface area contributed by atoms with Crippen LogP contribution < -0.4 is 16.4 Å². The Bertz CT molecular complexity index is 1250. The van der Waals surface area contributed by atoms with Gasteiger partial charge in [0.1, 0.15) is 11.9 Å². The van der Waals surface area contributed by atoms with Crippen LogP contribution in [0.15, 0.2) is 84.9 Å². The zero-order valence-corrected chi connectivity index (χ0v) is 20.9. The average molecular weight is 585 g/mol. The number of ether oxygens (including phenoxy) is 1. The molecular weight excluding hydrogens is 561 g/mol. The molecule has 35 heavy (non-hydrogen) atoms. The smallest absolute Gasteiger partial charge is 0.414 e. The molecule has 0 aliphatic carbocycles. The van der Waals surface area contributed by atoms with E-state index in [9.17, 15) is 19.5 Å². The van der Waals surface area contributed by atoms with E-state index in [4.69, 9.17) is 10.5 Å². The van der Waals surface area contributed by atoms with E-state index in [0.717, 1.165) is 3.57 Å². The summed E-state index contributed by atoms with van der Waals surface area (Å²) in [6.45, 7) is 1.72. The Hall–Kier alpha value is -3.86. The fourth-order valence-electron chi connectivity index (χ4n) is 3.23. The second-order valence-corrected chi connectivity index (χ2v) is 8.89. The van der Waals surface area contributed by atoms with Gasteiger partial charge in [-0.1, -0.05) is 43.3 Å². The van der Waals surface area contributed by atoms with E-state index < -0.39 is 29.9 Å². The quantitative estimate of drug-likeness (QED) is 0.175. The molecule has 0 bridgehead atoms. The van der Waals surface area contributed by atoms with Gasteiger partial charge in [0.05, 0.1) is 11.4 Å². The number of carbonyl (C=O) groups is 3. The van der Waals surface area contributed by atoms with Crippen molar-refractivity contribution in [3.8, 4) is 5.75 Å². The third-order valence-corrected chi connectivity index (χ3v) is 5.70. The van der Waals surface area contributed by atoms with E-state index in [0.29, 0.717) is 22.5 Å². The molecule has 0 spiro atoms. The van der Waals surface area contributed by atoms with Crippen molar-refractivity contribution in [2.24, 2.45) is 5.92 Å². The molecule has 3 amide bonds. The summed E-state index contributed by atoms with van der Waals surface area (Å²) in [6, 6.07) is 19.9. The number of anilines is 2. The first-order valence-electron chi connectivity index (χ1n) is 10.6. The minimum Gasteiger partial charge on any atom is -0.508 e. The van der Waals surface area contributed by atoms with E-state index in [-0.39, 0.29) is 5.75 Å². The summed E-state index contributed by atoms with van der Waals surface area (Å²) < 4.78 is 6.36. The number of aromatic hydroxyl groups is 1. The number of nitrogens with one attached hydrogen (secondary N) is 2. The molecular formula is C26H24IN3O5. The van der Waals surface area contributed by atoms with Gasteiger partial charge in [-0.15, -0.1) is 0 Å². The van der Waals surface area contributed by atoms with Gasteiger partial charge in [0.2, 0.25) is 5.91 Å². The molecule has 5 N–H and O–H groups in total. The van der Waals surface area contributed by atoms with Gasteiger partial charge >= 0.3 is 6.09 Å². The molecule has 3 rings (SSSR count). The lowest BCUT2D eigenvalue weighted by atomic mass is 9.96. The highest BCUT2D eigenvalue weighted by Crippen LogP contribution is 2.34. The normalized spacial score (nSPS) is 12.5. The highest BCUT2D eigenvalue weighted by molar-refractivity contribution is 14.1. The molecule has 3 aromatic rings. The predicted octanol–water partition coefficient (Wildman–Crippen LogP) is 5.02. The minimum absolute atomic E-state index is 0.0839. The number of benzene rings is 3.